The van der Waals surface area contributed by atoms with Crippen molar-refractivity contribution in [2.45, 2.75) is 19.1 Å². The highest BCUT2D eigenvalue weighted by Crippen LogP contribution is 2.41. The SMILES string of the molecule is O=C1OCCN1c1cccc2c1CCN(c1ccc([N+](=O)[O-])cc1C(F)(F)F)C2. The number of nitro benzene ring substituents is 1. The van der Waals surface area contributed by atoms with Gasteiger partial charge < -0.3 is 9.64 Å². The zero-order chi connectivity index (χ0) is 20.8. The molecule has 0 aliphatic carbocycles. The number of hydrogen-bond acceptors (Lipinski definition) is 5. The Labute approximate surface area is 163 Å². The molecule has 0 atom stereocenters. The van der Waals surface area contributed by atoms with Gasteiger partial charge in [-0.05, 0) is 29.7 Å². The van der Waals surface area contributed by atoms with Crippen molar-refractivity contribution in [1.29, 1.82) is 0 Å². The van der Waals surface area contributed by atoms with Crippen molar-refractivity contribution in [2.24, 2.45) is 0 Å². The van der Waals surface area contributed by atoms with Gasteiger partial charge in [-0.15, -0.1) is 0 Å². The Morgan fingerprint density at radius 2 is 1.90 bits per heavy atom. The summed E-state index contributed by atoms with van der Waals surface area (Å²) in [6.07, 6.45) is -4.72. The number of carbonyl (C=O) groups is 1. The van der Waals surface area contributed by atoms with Crippen molar-refractivity contribution in [1.82, 2.24) is 0 Å². The van der Waals surface area contributed by atoms with E-state index in [9.17, 15) is 28.1 Å². The van der Waals surface area contributed by atoms with Crippen LogP contribution < -0.4 is 9.80 Å². The Hall–Kier alpha value is -3.30. The number of ether oxygens (including phenoxy) is 1. The summed E-state index contributed by atoms with van der Waals surface area (Å²) in [5.41, 5.74) is 0.685. The summed E-state index contributed by atoms with van der Waals surface area (Å²) < 4.78 is 45.6. The van der Waals surface area contributed by atoms with Crippen molar-refractivity contribution >= 4 is 23.2 Å². The molecule has 7 nitrogen and oxygen atoms in total. The monoisotopic (exact) mass is 407 g/mol. The van der Waals surface area contributed by atoms with E-state index < -0.39 is 28.4 Å². The Morgan fingerprint density at radius 1 is 1.10 bits per heavy atom. The van der Waals surface area contributed by atoms with E-state index in [-0.39, 0.29) is 18.8 Å². The number of non-ortho nitro benzene ring substituents is 1. The Balaban J connectivity index is 1.69. The second kappa shape index (κ2) is 6.94. The van der Waals surface area contributed by atoms with Gasteiger partial charge in [-0.3, -0.25) is 15.0 Å². The molecule has 2 aliphatic heterocycles. The molecule has 2 aromatic carbocycles. The number of cyclic esters (lactones) is 1. The zero-order valence-corrected chi connectivity index (χ0v) is 15.1. The highest BCUT2D eigenvalue weighted by molar-refractivity contribution is 5.90. The van der Waals surface area contributed by atoms with Crippen molar-refractivity contribution in [2.75, 3.05) is 29.5 Å². The minimum atomic E-state index is -4.72. The lowest BCUT2D eigenvalue weighted by molar-refractivity contribution is -0.385. The number of carbonyl (C=O) groups excluding carboxylic acids is 1. The first-order valence-electron chi connectivity index (χ1n) is 8.91. The van der Waals surface area contributed by atoms with Crippen LogP contribution >= 0.6 is 0 Å². The van der Waals surface area contributed by atoms with Gasteiger partial charge in [0.1, 0.15) is 6.61 Å². The number of rotatable bonds is 3. The molecule has 0 saturated carbocycles. The summed E-state index contributed by atoms with van der Waals surface area (Å²) in [7, 11) is 0. The number of anilines is 2. The lowest BCUT2D eigenvalue weighted by Crippen LogP contribution is -2.34. The molecule has 1 fully saturated rings. The number of amides is 1. The summed E-state index contributed by atoms with van der Waals surface area (Å²) in [5.74, 6) is 0. The highest BCUT2D eigenvalue weighted by Gasteiger charge is 2.37. The van der Waals surface area contributed by atoms with Gasteiger partial charge in [0, 0.05) is 30.9 Å². The summed E-state index contributed by atoms with van der Waals surface area (Å²) in [5, 5.41) is 10.9. The number of nitro groups is 1. The molecule has 2 aliphatic rings. The Kier molecular flexibility index (Phi) is 4.56. The molecule has 1 amide bonds. The normalized spacial score (nSPS) is 16.6. The van der Waals surface area contributed by atoms with Crippen LogP contribution in [0.3, 0.4) is 0 Å². The Morgan fingerprint density at radius 3 is 2.55 bits per heavy atom. The van der Waals surface area contributed by atoms with Gasteiger partial charge in [-0.2, -0.15) is 13.2 Å². The maximum absolute atomic E-state index is 13.5. The molecule has 0 N–H and O–H groups in total. The van der Waals surface area contributed by atoms with Crippen LogP contribution in [-0.4, -0.2) is 30.7 Å². The first-order chi connectivity index (χ1) is 13.8. The molecule has 29 heavy (non-hydrogen) atoms. The molecule has 2 aromatic rings. The first kappa shape index (κ1) is 19.0. The van der Waals surface area contributed by atoms with Crippen molar-refractivity contribution in [3.05, 3.63) is 63.2 Å². The van der Waals surface area contributed by atoms with E-state index >= 15 is 0 Å². The molecule has 0 aromatic heterocycles. The maximum Gasteiger partial charge on any atom is 0.418 e. The number of halogens is 3. The number of fused-ring (bicyclic) bond motifs is 1. The molecule has 152 valence electrons. The standard InChI is InChI=1S/C19H16F3N3O4/c20-19(21,22)15-10-13(25(27)28)4-5-17(15)23-7-6-14-12(11-23)2-1-3-16(14)24-8-9-29-18(24)26/h1-5,10H,6-9,11H2. The number of alkyl halides is 3. The molecule has 0 radical (unpaired) electrons. The minimum Gasteiger partial charge on any atom is -0.447 e. The third-order valence-electron chi connectivity index (χ3n) is 5.13. The fourth-order valence-electron chi connectivity index (χ4n) is 3.80. The van der Waals surface area contributed by atoms with E-state index in [1.807, 2.05) is 6.07 Å². The van der Waals surface area contributed by atoms with E-state index in [0.717, 1.165) is 23.3 Å². The number of nitrogens with zero attached hydrogens (tertiary/aromatic N) is 3. The molecule has 0 spiro atoms. The predicted octanol–water partition coefficient (Wildman–Crippen LogP) is 4.13. The van der Waals surface area contributed by atoms with Crippen LogP contribution in [0.1, 0.15) is 16.7 Å². The summed E-state index contributed by atoms with van der Waals surface area (Å²) >= 11 is 0. The van der Waals surface area contributed by atoms with E-state index in [4.69, 9.17) is 4.74 Å². The summed E-state index contributed by atoms with van der Waals surface area (Å²) in [4.78, 5) is 25.0. The fourth-order valence-corrected chi connectivity index (χ4v) is 3.80. The topological polar surface area (TPSA) is 75.9 Å². The van der Waals surface area contributed by atoms with E-state index in [0.29, 0.717) is 31.3 Å². The fraction of sp³-hybridized carbons (Fsp3) is 0.316. The minimum absolute atomic E-state index is 0.0975. The Bertz CT molecular complexity index is 993. The molecular formula is C19H16F3N3O4. The van der Waals surface area contributed by atoms with Crippen LogP contribution in [0.4, 0.5) is 35.0 Å². The lowest BCUT2D eigenvalue weighted by atomic mass is 9.96. The van der Waals surface area contributed by atoms with Crippen molar-refractivity contribution in [3.63, 3.8) is 0 Å². The maximum atomic E-state index is 13.5. The molecule has 2 heterocycles. The van der Waals surface area contributed by atoms with Gasteiger partial charge in [0.05, 0.1) is 22.7 Å². The van der Waals surface area contributed by atoms with Gasteiger partial charge in [-0.25, -0.2) is 4.79 Å². The summed E-state index contributed by atoms with van der Waals surface area (Å²) in [6, 6.07) is 8.16. The van der Waals surface area contributed by atoms with Crippen LogP contribution in [0.25, 0.3) is 0 Å². The molecule has 0 bridgehead atoms. The van der Waals surface area contributed by atoms with E-state index in [1.54, 1.807) is 17.0 Å². The zero-order valence-electron chi connectivity index (χ0n) is 15.1. The van der Waals surface area contributed by atoms with Gasteiger partial charge in [-0.1, -0.05) is 12.1 Å². The second-order valence-electron chi connectivity index (χ2n) is 6.81. The number of benzene rings is 2. The quantitative estimate of drug-likeness (QED) is 0.565. The molecule has 4 rings (SSSR count). The van der Waals surface area contributed by atoms with Crippen LogP contribution in [0.5, 0.6) is 0 Å². The van der Waals surface area contributed by atoms with Crippen LogP contribution in [0.2, 0.25) is 0 Å². The highest BCUT2D eigenvalue weighted by atomic mass is 19.4. The van der Waals surface area contributed by atoms with Crippen LogP contribution in [0, 0.1) is 10.1 Å². The predicted molar refractivity (Wildman–Crippen MR) is 98.0 cm³/mol. The molecule has 0 unspecified atom stereocenters. The smallest absolute Gasteiger partial charge is 0.418 e. The lowest BCUT2D eigenvalue weighted by Gasteiger charge is -2.34. The van der Waals surface area contributed by atoms with Gasteiger partial charge >= 0.3 is 12.3 Å². The summed E-state index contributed by atoms with van der Waals surface area (Å²) in [6.45, 7) is 1.21. The first-order valence-corrected chi connectivity index (χ1v) is 8.91. The third-order valence-corrected chi connectivity index (χ3v) is 5.13. The van der Waals surface area contributed by atoms with Crippen molar-refractivity contribution < 1.29 is 27.6 Å². The van der Waals surface area contributed by atoms with Gasteiger partial charge in [0.2, 0.25) is 0 Å². The van der Waals surface area contributed by atoms with Gasteiger partial charge in [0.25, 0.3) is 5.69 Å². The molecular weight excluding hydrogens is 391 g/mol. The van der Waals surface area contributed by atoms with E-state index in [2.05, 4.69) is 0 Å². The second-order valence-corrected chi connectivity index (χ2v) is 6.81. The van der Waals surface area contributed by atoms with Crippen LogP contribution in [0.15, 0.2) is 36.4 Å². The molecule has 10 heteroatoms. The van der Waals surface area contributed by atoms with E-state index in [1.165, 1.54) is 4.90 Å². The molecule has 1 saturated heterocycles. The third kappa shape index (κ3) is 3.45. The largest absolute Gasteiger partial charge is 0.447 e. The van der Waals surface area contributed by atoms with Gasteiger partial charge in [0.15, 0.2) is 0 Å². The average molecular weight is 407 g/mol. The average Bonchev–Trinajstić information content (AvgIpc) is 3.11. The van der Waals surface area contributed by atoms with Crippen LogP contribution in [-0.2, 0) is 23.9 Å². The number of hydrogen-bond donors (Lipinski definition) is 0. The van der Waals surface area contributed by atoms with Crippen molar-refractivity contribution in [3.8, 4) is 0 Å².